The minimum absolute atomic E-state index is 0.0759. The Morgan fingerprint density at radius 1 is 1.14 bits per heavy atom. The number of hydrogen-bond donors (Lipinski definition) is 2. The smallest absolute Gasteiger partial charge is 0.263 e. The molecule has 0 fully saturated rings. The summed E-state index contributed by atoms with van der Waals surface area (Å²) in [6.07, 6.45) is 2.11. The summed E-state index contributed by atoms with van der Waals surface area (Å²) in [5.41, 5.74) is 0. The first kappa shape index (κ1) is 16.5. The van der Waals surface area contributed by atoms with Gasteiger partial charge in [0.15, 0.2) is 5.82 Å². The van der Waals surface area contributed by atoms with Gasteiger partial charge in [0.05, 0.1) is 4.90 Å². The van der Waals surface area contributed by atoms with Crippen LogP contribution in [0.25, 0.3) is 0 Å². The van der Waals surface area contributed by atoms with Crippen LogP contribution in [0.2, 0.25) is 5.02 Å². The van der Waals surface area contributed by atoms with Gasteiger partial charge in [0.2, 0.25) is 0 Å². The second-order valence-corrected chi connectivity index (χ2v) is 6.77. The minimum Gasteiger partial charge on any atom is -0.369 e. The number of hydrogen-bond acceptors (Lipinski definition) is 5. The highest BCUT2D eigenvalue weighted by molar-refractivity contribution is 7.92. The molecule has 2 N–H and O–H groups in total. The maximum absolute atomic E-state index is 12.2. The van der Waals surface area contributed by atoms with E-state index in [1.807, 2.05) is 0 Å². The zero-order valence-corrected chi connectivity index (χ0v) is 13.7. The number of sulfonamides is 1. The van der Waals surface area contributed by atoms with Crippen molar-refractivity contribution in [1.82, 2.24) is 10.2 Å². The molecule has 6 nitrogen and oxygen atoms in total. The van der Waals surface area contributed by atoms with Gasteiger partial charge in [-0.05, 0) is 36.8 Å². The van der Waals surface area contributed by atoms with Crippen molar-refractivity contribution in [2.24, 2.45) is 0 Å². The van der Waals surface area contributed by atoms with Crippen LogP contribution in [0, 0.1) is 0 Å². The van der Waals surface area contributed by atoms with E-state index in [1.165, 1.54) is 12.1 Å². The fourth-order valence-electron chi connectivity index (χ4n) is 1.70. The molecule has 2 rings (SSSR count). The van der Waals surface area contributed by atoms with Crippen LogP contribution < -0.4 is 10.0 Å². The van der Waals surface area contributed by atoms with Crippen LogP contribution in [0.1, 0.15) is 19.8 Å². The van der Waals surface area contributed by atoms with Gasteiger partial charge in [-0.3, -0.25) is 4.72 Å². The maximum atomic E-state index is 12.2. The summed E-state index contributed by atoms with van der Waals surface area (Å²) in [5, 5.41) is 11.2. The SMILES string of the molecule is CCCCNc1ccc(NS(=O)(=O)c2cccc(Cl)c2)nn1. The van der Waals surface area contributed by atoms with Crippen molar-refractivity contribution in [3.8, 4) is 0 Å². The van der Waals surface area contributed by atoms with Crippen LogP contribution in [0.15, 0.2) is 41.3 Å². The van der Waals surface area contributed by atoms with Gasteiger partial charge >= 0.3 is 0 Å². The highest BCUT2D eigenvalue weighted by Gasteiger charge is 2.15. The molecular weight excluding hydrogens is 324 g/mol. The molecule has 0 saturated heterocycles. The van der Waals surface area contributed by atoms with E-state index < -0.39 is 10.0 Å². The number of halogens is 1. The van der Waals surface area contributed by atoms with Crippen molar-refractivity contribution in [3.05, 3.63) is 41.4 Å². The third kappa shape index (κ3) is 4.57. The molecule has 2 aromatic rings. The summed E-state index contributed by atoms with van der Waals surface area (Å²) in [6.45, 7) is 2.90. The molecule has 0 unspecified atom stereocenters. The average Bonchev–Trinajstić information content (AvgIpc) is 2.49. The molecule has 1 heterocycles. The van der Waals surface area contributed by atoms with Crippen LogP contribution in [-0.4, -0.2) is 25.2 Å². The first-order valence-corrected chi connectivity index (χ1v) is 8.73. The molecule has 0 aliphatic rings. The van der Waals surface area contributed by atoms with E-state index in [-0.39, 0.29) is 10.7 Å². The summed E-state index contributed by atoms with van der Waals surface area (Å²) in [5.74, 6) is 0.764. The lowest BCUT2D eigenvalue weighted by Crippen LogP contribution is -2.14. The minimum atomic E-state index is -3.73. The highest BCUT2D eigenvalue weighted by atomic mass is 35.5. The summed E-state index contributed by atoms with van der Waals surface area (Å²) in [7, 11) is -3.73. The third-order valence-corrected chi connectivity index (χ3v) is 4.43. The van der Waals surface area contributed by atoms with E-state index in [4.69, 9.17) is 11.6 Å². The van der Waals surface area contributed by atoms with Crippen molar-refractivity contribution in [3.63, 3.8) is 0 Å². The number of nitrogens with zero attached hydrogens (tertiary/aromatic N) is 2. The second kappa shape index (κ2) is 7.42. The number of aromatic nitrogens is 2. The summed E-state index contributed by atoms with van der Waals surface area (Å²) >= 11 is 5.81. The Hall–Kier alpha value is -1.86. The molecule has 0 atom stereocenters. The zero-order chi connectivity index (χ0) is 16.0. The van der Waals surface area contributed by atoms with Crippen molar-refractivity contribution in [2.75, 3.05) is 16.6 Å². The predicted octanol–water partition coefficient (Wildman–Crippen LogP) is 3.14. The van der Waals surface area contributed by atoms with Crippen molar-refractivity contribution in [2.45, 2.75) is 24.7 Å². The molecule has 0 radical (unpaired) electrons. The van der Waals surface area contributed by atoms with Gasteiger partial charge in [-0.15, -0.1) is 10.2 Å². The van der Waals surface area contributed by atoms with Crippen molar-refractivity contribution < 1.29 is 8.42 Å². The van der Waals surface area contributed by atoms with Crippen LogP contribution >= 0.6 is 11.6 Å². The van der Waals surface area contributed by atoms with Gasteiger partial charge in [-0.1, -0.05) is 31.0 Å². The van der Waals surface area contributed by atoms with E-state index >= 15 is 0 Å². The molecule has 22 heavy (non-hydrogen) atoms. The fourth-order valence-corrected chi connectivity index (χ4v) is 3.00. The Bertz CT molecular complexity index is 720. The largest absolute Gasteiger partial charge is 0.369 e. The number of nitrogens with one attached hydrogen (secondary N) is 2. The van der Waals surface area contributed by atoms with Gasteiger partial charge in [0.1, 0.15) is 5.82 Å². The molecule has 0 saturated carbocycles. The first-order valence-electron chi connectivity index (χ1n) is 6.87. The fraction of sp³-hybridized carbons (Fsp3) is 0.286. The molecule has 1 aromatic heterocycles. The van der Waals surface area contributed by atoms with Gasteiger partial charge in [0.25, 0.3) is 10.0 Å². The quantitative estimate of drug-likeness (QED) is 0.756. The molecular formula is C14H17ClN4O2S. The summed E-state index contributed by atoms with van der Waals surface area (Å²) in [4.78, 5) is 0.0759. The molecule has 0 amide bonds. The van der Waals surface area contributed by atoms with Crippen LogP contribution in [-0.2, 0) is 10.0 Å². The summed E-state index contributed by atoms with van der Waals surface area (Å²) < 4.78 is 26.8. The Labute approximate surface area is 135 Å². The van der Waals surface area contributed by atoms with Crippen LogP contribution in [0.5, 0.6) is 0 Å². The average molecular weight is 341 g/mol. The molecule has 8 heteroatoms. The lowest BCUT2D eigenvalue weighted by molar-refractivity contribution is 0.601. The number of benzene rings is 1. The van der Waals surface area contributed by atoms with E-state index in [0.717, 1.165) is 19.4 Å². The highest BCUT2D eigenvalue weighted by Crippen LogP contribution is 2.18. The van der Waals surface area contributed by atoms with Crippen molar-refractivity contribution >= 4 is 33.3 Å². The third-order valence-electron chi connectivity index (χ3n) is 2.85. The lowest BCUT2D eigenvalue weighted by atomic mass is 10.3. The van der Waals surface area contributed by atoms with Gasteiger partial charge in [-0.25, -0.2) is 8.42 Å². The predicted molar refractivity (Wildman–Crippen MR) is 87.7 cm³/mol. The molecule has 0 bridgehead atoms. The Balaban J connectivity index is 2.06. The van der Waals surface area contributed by atoms with Gasteiger partial charge in [0, 0.05) is 11.6 Å². The van der Waals surface area contributed by atoms with Crippen molar-refractivity contribution in [1.29, 1.82) is 0 Å². The van der Waals surface area contributed by atoms with Crippen LogP contribution in [0.3, 0.4) is 0 Å². The van der Waals surface area contributed by atoms with Gasteiger partial charge < -0.3 is 5.32 Å². The van der Waals surface area contributed by atoms with E-state index in [0.29, 0.717) is 10.8 Å². The zero-order valence-electron chi connectivity index (χ0n) is 12.1. The number of anilines is 2. The summed E-state index contributed by atoms with van der Waals surface area (Å²) in [6, 6.07) is 9.25. The van der Waals surface area contributed by atoms with E-state index in [2.05, 4.69) is 27.2 Å². The molecule has 0 aliphatic carbocycles. The normalized spacial score (nSPS) is 11.2. The maximum Gasteiger partial charge on any atom is 0.263 e. The molecule has 1 aromatic carbocycles. The first-order chi connectivity index (χ1) is 10.5. The van der Waals surface area contributed by atoms with Crippen LogP contribution in [0.4, 0.5) is 11.6 Å². The topological polar surface area (TPSA) is 84.0 Å². The molecule has 0 spiro atoms. The monoisotopic (exact) mass is 340 g/mol. The Morgan fingerprint density at radius 2 is 1.86 bits per heavy atom. The number of unbranched alkanes of at least 4 members (excludes halogenated alkanes) is 1. The van der Waals surface area contributed by atoms with E-state index in [1.54, 1.807) is 24.3 Å². The molecule has 0 aliphatic heterocycles. The Morgan fingerprint density at radius 3 is 2.50 bits per heavy atom. The Kier molecular flexibility index (Phi) is 5.57. The standard InChI is InChI=1S/C14H17ClN4O2S/c1-2-3-9-16-13-7-8-14(18-17-13)19-22(20,21)12-6-4-5-11(15)10-12/h4-8,10H,2-3,9H2,1H3,(H,16,17)(H,18,19). The lowest BCUT2D eigenvalue weighted by Gasteiger charge is -2.08. The van der Waals surface area contributed by atoms with Gasteiger partial charge in [-0.2, -0.15) is 0 Å². The number of rotatable bonds is 7. The van der Waals surface area contributed by atoms with E-state index in [9.17, 15) is 8.42 Å². The second-order valence-electron chi connectivity index (χ2n) is 4.65. The molecule has 118 valence electrons.